The second kappa shape index (κ2) is 5.05. The fraction of sp³-hybridized carbons (Fsp3) is 0.462. The Morgan fingerprint density at radius 3 is 3.11 bits per heavy atom. The van der Waals surface area contributed by atoms with E-state index in [2.05, 4.69) is 11.1 Å². The summed E-state index contributed by atoms with van der Waals surface area (Å²) in [5.74, 6) is 0.0706. The van der Waals surface area contributed by atoms with Gasteiger partial charge in [0, 0.05) is 25.2 Å². The normalized spacial score (nSPS) is 18.7. The Kier molecular flexibility index (Phi) is 3.47. The second-order valence-corrected chi connectivity index (χ2v) is 4.63. The van der Waals surface area contributed by atoms with Crippen LogP contribution in [0.2, 0.25) is 0 Å². The predicted octanol–water partition coefficient (Wildman–Crippen LogP) is 1.56. The molecule has 2 rings (SSSR count). The SMILES string of the molecule is Cc1ccc(C#N)c(N2CCC(CC(=O)O)C2)n1. The zero-order valence-corrected chi connectivity index (χ0v) is 10.3. The van der Waals surface area contributed by atoms with Gasteiger partial charge < -0.3 is 10.0 Å². The highest BCUT2D eigenvalue weighted by Crippen LogP contribution is 2.26. The van der Waals surface area contributed by atoms with Crippen LogP contribution in [0.1, 0.15) is 24.1 Å². The van der Waals surface area contributed by atoms with Crippen molar-refractivity contribution in [1.29, 1.82) is 5.26 Å². The molecule has 1 aromatic heterocycles. The first-order valence-electron chi connectivity index (χ1n) is 5.94. The van der Waals surface area contributed by atoms with Crippen molar-refractivity contribution in [3.63, 3.8) is 0 Å². The van der Waals surface area contributed by atoms with Gasteiger partial charge in [0.1, 0.15) is 11.9 Å². The van der Waals surface area contributed by atoms with E-state index >= 15 is 0 Å². The molecule has 94 valence electrons. The summed E-state index contributed by atoms with van der Waals surface area (Å²) in [6, 6.07) is 5.71. The Hall–Kier alpha value is -2.09. The zero-order valence-electron chi connectivity index (χ0n) is 10.3. The van der Waals surface area contributed by atoms with Gasteiger partial charge in [-0.05, 0) is 31.4 Å². The van der Waals surface area contributed by atoms with E-state index in [4.69, 9.17) is 10.4 Å². The molecular weight excluding hydrogens is 230 g/mol. The van der Waals surface area contributed by atoms with Crippen molar-refractivity contribution < 1.29 is 9.90 Å². The number of aliphatic carboxylic acids is 1. The minimum Gasteiger partial charge on any atom is -0.481 e. The average molecular weight is 245 g/mol. The number of pyridine rings is 1. The van der Waals surface area contributed by atoms with Crippen molar-refractivity contribution in [2.24, 2.45) is 5.92 Å². The number of nitriles is 1. The Balaban J connectivity index is 2.16. The number of rotatable bonds is 3. The third kappa shape index (κ3) is 2.59. The largest absolute Gasteiger partial charge is 0.481 e. The topological polar surface area (TPSA) is 77.2 Å². The summed E-state index contributed by atoms with van der Waals surface area (Å²) in [5.41, 5.74) is 1.42. The lowest BCUT2D eigenvalue weighted by Crippen LogP contribution is -2.22. The third-order valence-electron chi connectivity index (χ3n) is 3.18. The molecule has 5 heteroatoms. The summed E-state index contributed by atoms with van der Waals surface area (Å²) >= 11 is 0. The number of carboxylic acids is 1. The quantitative estimate of drug-likeness (QED) is 0.874. The summed E-state index contributed by atoms with van der Waals surface area (Å²) in [6.45, 7) is 3.32. The summed E-state index contributed by atoms with van der Waals surface area (Å²) in [4.78, 5) is 17.1. The van der Waals surface area contributed by atoms with E-state index in [1.54, 1.807) is 6.07 Å². The molecule has 0 amide bonds. The molecule has 1 aliphatic heterocycles. The lowest BCUT2D eigenvalue weighted by atomic mass is 10.1. The Morgan fingerprint density at radius 1 is 1.67 bits per heavy atom. The number of hydrogen-bond donors (Lipinski definition) is 1. The molecule has 0 spiro atoms. The molecule has 1 N–H and O–H groups in total. The standard InChI is InChI=1S/C13H15N3O2/c1-9-2-3-11(7-14)13(15-9)16-5-4-10(8-16)6-12(17)18/h2-3,10H,4-6,8H2,1H3,(H,17,18). The van der Waals surface area contributed by atoms with Gasteiger partial charge in [-0.3, -0.25) is 4.79 Å². The molecule has 0 radical (unpaired) electrons. The summed E-state index contributed by atoms with van der Waals surface area (Å²) in [7, 11) is 0. The number of carboxylic acid groups (broad SMARTS) is 1. The Morgan fingerprint density at radius 2 is 2.44 bits per heavy atom. The van der Waals surface area contributed by atoms with Gasteiger partial charge in [-0.15, -0.1) is 0 Å². The molecule has 0 bridgehead atoms. The summed E-state index contributed by atoms with van der Waals surface area (Å²) in [5, 5.41) is 17.9. The van der Waals surface area contributed by atoms with E-state index < -0.39 is 5.97 Å². The molecule has 18 heavy (non-hydrogen) atoms. The third-order valence-corrected chi connectivity index (χ3v) is 3.18. The number of carbonyl (C=O) groups is 1. The molecule has 0 aliphatic carbocycles. The molecule has 0 saturated carbocycles. The number of hydrogen-bond acceptors (Lipinski definition) is 4. The van der Waals surface area contributed by atoms with E-state index in [0.29, 0.717) is 17.9 Å². The van der Waals surface area contributed by atoms with Gasteiger partial charge >= 0.3 is 5.97 Å². The average Bonchev–Trinajstić information content (AvgIpc) is 2.76. The van der Waals surface area contributed by atoms with Crippen LogP contribution in [0.3, 0.4) is 0 Å². The van der Waals surface area contributed by atoms with E-state index in [1.165, 1.54) is 0 Å². The van der Waals surface area contributed by atoms with Gasteiger partial charge in [0.05, 0.1) is 5.56 Å². The maximum atomic E-state index is 10.7. The lowest BCUT2D eigenvalue weighted by Gasteiger charge is -2.18. The minimum atomic E-state index is -0.764. The van der Waals surface area contributed by atoms with E-state index in [-0.39, 0.29) is 12.3 Å². The highest BCUT2D eigenvalue weighted by molar-refractivity contribution is 5.67. The van der Waals surface area contributed by atoms with Gasteiger partial charge in [-0.2, -0.15) is 5.26 Å². The molecule has 0 aromatic carbocycles. The van der Waals surface area contributed by atoms with Gasteiger partial charge in [0.25, 0.3) is 0 Å². The van der Waals surface area contributed by atoms with Crippen molar-refractivity contribution in [2.75, 3.05) is 18.0 Å². The number of aryl methyl sites for hydroxylation is 1. The number of anilines is 1. The van der Waals surface area contributed by atoms with Crippen LogP contribution < -0.4 is 4.90 Å². The molecule has 1 atom stereocenters. The molecule has 1 aliphatic rings. The van der Waals surface area contributed by atoms with Crippen LogP contribution in [-0.4, -0.2) is 29.1 Å². The van der Waals surface area contributed by atoms with Crippen molar-refractivity contribution in [3.8, 4) is 6.07 Å². The van der Waals surface area contributed by atoms with Crippen molar-refractivity contribution in [3.05, 3.63) is 23.4 Å². The zero-order chi connectivity index (χ0) is 13.1. The molecule has 2 heterocycles. The fourth-order valence-electron chi connectivity index (χ4n) is 2.31. The van der Waals surface area contributed by atoms with E-state index in [1.807, 2.05) is 17.9 Å². The van der Waals surface area contributed by atoms with Gasteiger partial charge in [0.2, 0.25) is 0 Å². The first kappa shape index (κ1) is 12.4. The number of nitrogens with zero attached hydrogens (tertiary/aromatic N) is 3. The maximum absolute atomic E-state index is 10.7. The van der Waals surface area contributed by atoms with Crippen molar-refractivity contribution in [2.45, 2.75) is 19.8 Å². The van der Waals surface area contributed by atoms with Gasteiger partial charge in [0.15, 0.2) is 0 Å². The monoisotopic (exact) mass is 245 g/mol. The fourth-order valence-corrected chi connectivity index (χ4v) is 2.31. The van der Waals surface area contributed by atoms with Crippen LogP contribution in [0.4, 0.5) is 5.82 Å². The second-order valence-electron chi connectivity index (χ2n) is 4.63. The smallest absolute Gasteiger partial charge is 0.303 e. The highest BCUT2D eigenvalue weighted by atomic mass is 16.4. The van der Waals surface area contributed by atoms with Crippen molar-refractivity contribution >= 4 is 11.8 Å². The van der Waals surface area contributed by atoms with Gasteiger partial charge in [-0.25, -0.2) is 4.98 Å². The van der Waals surface area contributed by atoms with Crippen LogP contribution in [-0.2, 0) is 4.79 Å². The Bertz CT molecular complexity index is 507. The predicted molar refractivity (Wildman–Crippen MR) is 66.3 cm³/mol. The molecule has 1 fully saturated rings. The lowest BCUT2D eigenvalue weighted by molar-refractivity contribution is -0.137. The minimum absolute atomic E-state index is 0.149. The van der Waals surface area contributed by atoms with Crippen LogP contribution in [0.15, 0.2) is 12.1 Å². The highest BCUT2D eigenvalue weighted by Gasteiger charge is 2.26. The first-order chi connectivity index (χ1) is 8.60. The summed E-state index contributed by atoms with van der Waals surface area (Å²) < 4.78 is 0. The summed E-state index contributed by atoms with van der Waals surface area (Å²) in [6.07, 6.45) is 1.02. The molecule has 1 unspecified atom stereocenters. The van der Waals surface area contributed by atoms with E-state index in [9.17, 15) is 4.79 Å². The van der Waals surface area contributed by atoms with E-state index in [0.717, 1.165) is 18.7 Å². The maximum Gasteiger partial charge on any atom is 0.303 e. The van der Waals surface area contributed by atoms with Crippen LogP contribution in [0.25, 0.3) is 0 Å². The van der Waals surface area contributed by atoms with Crippen LogP contribution in [0, 0.1) is 24.2 Å². The molecular formula is C13H15N3O2. The number of aromatic nitrogens is 1. The molecule has 1 saturated heterocycles. The van der Waals surface area contributed by atoms with Crippen molar-refractivity contribution in [1.82, 2.24) is 4.98 Å². The first-order valence-corrected chi connectivity index (χ1v) is 5.94. The Labute approximate surface area is 106 Å². The van der Waals surface area contributed by atoms with Crippen LogP contribution in [0.5, 0.6) is 0 Å². The van der Waals surface area contributed by atoms with Crippen LogP contribution >= 0.6 is 0 Å². The molecule has 1 aromatic rings. The van der Waals surface area contributed by atoms with Gasteiger partial charge in [-0.1, -0.05) is 0 Å². The molecule has 5 nitrogen and oxygen atoms in total.